The van der Waals surface area contributed by atoms with Crippen LogP contribution in [0.5, 0.6) is 0 Å². The molecule has 18 heavy (non-hydrogen) atoms. The van der Waals surface area contributed by atoms with Crippen LogP contribution < -0.4 is 5.73 Å². The summed E-state index contributed by atoms with van der Waals surface area (Å²) in [5.41, 5.74) is 5.66. The topological polar surface area (TPSA) is 67.6 Å². The monoisotopic (exact) mass is 268 g/mol. The van der Waals surface area contributed by atoms with Gasteiger partial charge >= 0.3 is 0 Å². The van der Waals surface area contributed by atoms with Crippen molar-refractivity contribution < 1.29 is 8.78 Å². The van der Waals surface area contributed by atoms with Gasteiger partial charge in [0.1, 0.15) is 24.2 Å². The van der Waals surface area contributed by atoms with Crippen molar-refractivity contribution in [3.05, 3.63) is 40.3 Å². The molecule has 0 amide bonds. The van der Waals surface area contributed by atoms with E-state index in [1.54, 1.807) is 6.07 Å². The van der Waals surface area contributed by atoms with Crippen molar-refractivity contribution in [2.75, 3.05) is 5.73 Å². The SMILES string of the molecule is N#Cc1cc(N)n(-c2c(F)cc(CF)cc2Cl)n1. The number of nitrogen functional groups attached to an aromatic ring is 1. The maximum Gasteiger partial charge on any atom is 0.165 e. The molecule has 0 saturated carbocycles. The highest BCUT2D eigenvalue weighted by Crippen LogP contribution is 2.27. The Kier molecular flexibility index (Phi) is 3.17. The number of rotatable bonds is 2. The molecule has 0 aliphatic carbocycles. The van der Waals surface area contributed by atoms with Crippen molar-refractivity contribution in [1.82, 2.24) is 9.78 Å². The van der Waals surface area contributed by atoms with Crippen LogP contribution in [0, 0.1) is 17.1 Å². The molecule has 0 aliphatic rings. The predicted octanol–water partition coefficient (Wildman–Crippen LogP) is 2.59. The Labute approximate surface area is 106 Å². The van der Waals surface area contributed by atoms with Gasteiger partial charge in [0.2, 0.25) is 0 Å². The zero-order valence-corrected chi connectivity index (χ0v) is 9.75. The first kappa shape index (κ1) is 12.3. The number of hydrogen-bond acceptors (Lipinski definition) is 3. The molecule has 0 unspecified atom stereocenters. The Morgan fingerprint density at radius 2 is 2.17 bits per heavy atom. The smallest absolute Gasteiger partial charge is 0.165 e. The van der Waals surface area contributed by atoms with Crippen molar-refractivity contribution in [2.45, 2.75) is 6.67 Å². The number of benzene rings is 1. The molecule has 4 nitrogen and oxygen atoms in total. The highest BCUT2D eigenvalue weighted by molar-refractivity contribution is 6.32. The number of alkyl halides is 1. The normalized spacial score (nSPS) is 10.3. The molecule has 0 saturated heterocycles. The lowest BCUT2D eigenvalue weighted by atomic mass is 10.2. The lowest BCUT2D eigenvalue weighted by Crippen LogP contribution is -2.05. The summed E-state index contributed by atoms with van der Waals surface area (Å²) >= 11 is 5.87. The molecular formula is C11H7ClF2N4. The van der Waals surface area contributed by atoms with E-state index in [4.69, 9.17) is 22.6 Å². The highest BCUT2D eigenvalue weighted by atomic mass is 35.5. The van der Waals surface area contributed by atoms with Crippen LogP contribution in [0.25, 0.3) is 5.69 Å². The van der Waals surface area contributed by atoms with E-state index >= 15 is 0 Å². The number of halogens is 3. The quantitative estimate of drug-likeness (QED) is 0.910. The third kappa shape index (κ3) is 2.00. The maximum absolute atomic E-state index is 13.8. The number of nitriles is 1. The van der Waals surface area contributed by atoms with E-state index in [0.717, 1.165) is 10.7 Å². The zero-order valence-electron chi connectivity index (χ0n) is 8.99. The fourth-order valence-electron chi connectivity index (χ4n) is 1.53. The molecule has 2 aromatic rings. The van der Waals surface area contributed by atoms with Gasteiger partial charge in [-0.1, -0.05) is 11.6 Å². The van der Waals surface area contributed by atoms with Crippen LogP contribution in [0.15, 0.2) is 18.2 Å². The molecule has 1 aromatic carbocycles. The Morgan fingerprint density at radius 3 is 2.67 bits per heavy atom. The summed E-state index contributed by atoms with van der Waals surface area (Å²) in [5.74, 6) is -0.685. The second kappa shape index (κ2) is 4.63. The first-order valence-electron chi connectivity index (χ1n) is 4.86. The van der Waals surface area contributed by atoms with Gasteiger partial charge in [-0.3, -0.25) is 0 Å². The largest absolute Gasteiger partial charge is 0.384 e. The Hall–Kier alpha value is -2.13. The lowest BCUT2D eigenvalue weighted by molar-refractivity contribution is 0.482. The second-order valence-corrected chi connectivity index (χ2v) is 3.93. The first-order chi connectivity index (χ1) is 8.56. The molecule has 0 radical (unpaired) electrons. The molecule has 2 N–H and O–H groups in total. The van der Waals surface area contributed by atoms with Crippen molar-refractivity contribution in [3.63, 3.8) is 0 Å². The minimum Gasteiger partial charge on any atom is -0.384 e. The Balaban J connectivity index is 2.64. The standard InChI is InChI=1S/C11H7ClF2N4/c12-8-1-6(4-13)2-9(14)11(8)18-10(16)3-7(5-15)17-18/h1-3H,4,16H2. The number of aromatic nitrogens is 2. The van der Waals surface area contributed by atoms with Gasteiger partial charge in [0.25, 0.3) is 0 Å². The maximum atomic E-state index is 13.8. The highest BCUT2D eigenvalue weighted by Gasteiger charge is 2.16. The van der Waals surface area contributed by atoms with Gasteiger partial charge in [-0.05, 0) is 17.7 Å². The Morgan fingerprint density at radius 1 is 1.44 bits per heavy atom. The molecule has 0 atom stereocenters. The fourth-order valence-corrected chi connectivity index (χ4v) is 1.84. The average Bonchev–Trinajstić information content (AvgIpc) is 2.70. The van der Waals surface area contributed by atoms with E-state index in [2.05, 4.69) is 5.10 Å². The molecule has 7 heteroatoms. The molecular weight excluding hydrogens is 262 g/mol. The van der Waals surface area contributed by atoms with Gasteiger partial charge in [0, 0.05) is 6.07 Å². The number of nitrogens with zero attached hydrogens (tertiary/aromatic N) is 3. The van der Waals surface area contributed by atoms with Crippen molar-refractivity contribution in [3.8, 4) is 11.8 Å². The Bertz CT molecular complexity index is 622. The van der Waals surface area contributed by atoms with E-state index in [1.165, 1.54) is 12.1 Å². The van der Waals surface area contributed by atoms with E-state index in [9.17, 15) is 8.78 Å². The third-order valence-electron chi connectivity index (χ3n) is 2.29. The van der Waals surface area contributed by atoms with Gasteiger partial charge in [0.15, 0.2) is 11.5 Å². The predicted molar refractivity (Wildman–Crippen MR) is 62.5 cm³/mol. The summed E-state index contributed by atoms with van der Waals surface area (Å²) in [6.45, 7) is -0.824. The van der Waals surface area contributed by atoms with E-state index in [-0.39, 0.29) is 27.8 Å². The molecule has 92 valence electrons. The summed E-state index contributed by atoms with van der Waals surface area (Å²) < 4.78 is 27.3. The van der Waals surface area contributed by atoms with Crippen LogP contribution in [0.2, 0.25) is 5.02 Å². The van der Waals surface area contributed by atoms with E-state index < -0.39 is 12.5 Å². The summed E-state index contributed by atoms with van der Waals surface area (Å²) in [6.07, 6.45) is 0. The zero-order chi connectivity index (χ0) is 13.3. The van der Waals surface area contributed by atoms with E-state index in [1.807, 2.05) is 0 Å². The van der Waals surface area contributed by atoms with Crippen LogP contribution in [0.1, 0.15) is 11.3 Å². The molecule has 0 fully saturated rings. The van der Waals surface area contributed by atoms with Crippen molar-refractivity contribution >= 4 is 17.4 Å². The van der Waals surface area contributed by atoms with Gasteiger partial charge < -0.3 is 5.73 Å². The van der Waals surface area contributed by atoms with E-state index in [0.29, 0.717) is 0 Å². The van der Waals surface area contributed by atoms with Crippen LogP contribution in [-0.4, -0.2) is 9.78 Å². The van der Waals surface area contributed by atoms with Crippen LogP contribution in [0.4, 0.5) is 14.6 Å². The minimum absolute atomic E-state index is 0.0260. The van der Waals surface area contributed by atoms with Crippen LogP contribution in [0.3, 0.4) is 0 Å². The first-order valence-corrected chi connectivity index (χ1v) is 5.24. The minimum atomic E-state index is -0.824. The van der Waals surface area contributed by atoms with Gasteiger partial charge in [-0.2, -0.15) is 10.4 Å². The third-order valence-corrected chi connectivity index (χ3v) is 2.58. The number of hydrogen-bond donors (Lipinski definition) is 1. The fraction of sp³-hybridized carbons (Fsp3) is 0.0909. The molecule has 2 rings (SSSR count). The summed E-state index contributed by atoms with van der Waals surface area (Å²) in [5, 5.41) is 12.4. The van der Waals surface area contributed by atoms with Gasteiger partial charge in [-0.25, -0.2) is 13.5 Å². The summed E-state index contributed by atoms with van der Waals surface area (Å²) in [7, 11) is 0. The summed E-state index contributed by atoms with van der Waals surface area (Å²) in [4.78, 5) is 0. The average molecular weight is 269 g/mol. The number of anilines is 1. The van der Waals surface area contributed by atoms with Crippen molar-refractivity contribution in [2.24, 2.45) is 0 Å². The van der Waals surface area contributed by atoms with Crippen LogP contribution in [-0.2, 0) is 6.67 Å². The lowest BCUT2D eigenvalue weighted by Gasteiger charge is -2.09. The van der Waals surface area contributed by atoms with Crippen LogP contribution >= 0.6 is 11.6 Å². The molecule has 1 aromatic heterocycles. The summed E-state index contributed by atoms with van der Waals surface area (Å²) in [6, 6.07) is 5.37. The molecule has 1 heterocycles. The molecule has 0 aliphatic heterocycles. The van der Waals surface area contributed by atoms with Crippen molar-refractivity contribution in [1.29, 1.82) is 5.26 Å². The molecule has 0 bridgehead atoms. The number of nitrogens with two attached hydrogens (primary N) is 1. The molecule has 0 spiro atoms. The second-order valence-electron chi connectivity index (χ2n) is 3.52. The van der Waals surface area contributed by atoms with Gasteiger partial charge in [0.05, 0.1) is 5.02 Å². The van der Waals surface area contributed by atoms with Gasteiger partial charge in [-0.15, -0.1) is 0 Å².